The van der Waals surface area contributed by atoms with Crippen molar-refractivity contribution in [2.75, 3.05) is 7.11 Å². The zero-order chi connectivity index (χ0) is 17.8. The number of benzene rings is 3. The molecule has 0 amide bonds. The Morgan fingerprint density at radius 2 is 1.44 bits per heavy atom. The van der Waals surface area contributed by atoms with Crippen LogP contribution in [-0.4, -0.2) is 19.7 Å². The second kappa shape index (κ2) is 7.17. The highest BCUT2D eigenvalue weighted by molar-refractivity contribution is 5.92. The van der Waals surface area contributed by atoms with Crippen molar-refractivity contribution < 1.29 is 27.8 Å². The first-order valence-corrected chi connectivity index (χ1v) is 7.40. The molecule has 0 bridgehead atoms. The Morgan fingerprint density at radius 1 is 0.840 bits per heavy atom. The van der Waals surface area contributed by atoms with Gasteiger partial charge in [0.25, 0.3) is 0 Å². The summed E-state index contributed by atoms with van der Waals surface area (Å²) in [4.78, 5) is 12.2. The Labute approximate surface area is 142 Å². The molecule has 0 aliphatic carbocycles. The molecule has 0 saturated carbocycles. The smallest absolute Gasteiger partial charge is 0.387 e. The summed E-state index contributed by atoms with van der Waals surface area (Å²) < 4.78 is 39.0. The van der Waals surface area contributed by atoms with E-state index in [1.54, 1.807) is 19.2 Å². The predicted octanol–water partition coefficient (Wildman–Crippen LogP) is 4.67. The Balaban J connectivity index is 1.76. The van der Waals surface area contributed by atoms with Gasteiger partial charge in [0.1, 0.15) is 17.2 Å². The van der Waals surface area contributed by atoms with Crippen LogP contribution in [0.15, 0.2) is 60.7 Å². The third kappa shape index (κ3) is 4.03. The number of ether oxygens (including phenoxy) is 3. The lowest BCUT2D eigenvalue weighted by Gasteiger charge is -2.08. The first kappa shape index (κ1) is 16.7. The second-order valence-electron chi connectivity index (χ2n) is 5.17. The molecule has 0 unspecified atom stereocenters. The van der Waals surface area contributed by atoms with Crippen LogP contribution in [0.25, 0.3) is 10.8 Å². The molecule has 0 atom stereocenters. The van der Waals surface area contributed by atoms with E-state index in [2.05, 4.69) is 4.74 Å². The van der Waals surface area contributed by atoms with E-state index >= 15 is 0 Å². The summed E-state index contributed by atoms with van der Waals surface area (Å²) in [7, 11) is 1.58. The number of hydrogen-bond acceptors (Lipinski definition) is 4. The fraction of sp³-hybridized carbons (Fsp3) is 0.105. The van der Waals surface area contributed by atoms with Gasteiger partial charge in [-0.2, -0.15) is 8.78 Å². The van der Waals surface area contributed by atoms with Crippen LogP contribution in [-0.2, 0) is 0 Å². The third-order valence-corrected chi connectivity index (χ3v) is 3.54. The van der Waals surface area contributed by atoms with Crippen molar-refractivity contribution in [3.63, 3.8) is 0 Å². The molecule has 0 saturated heterocycles. The molecule has 3 rings (SSSR count). The van der Waals surface area contributed by atoms with Gasteiger partial charge in [0.05, 0.1) is 12.7 Å². The average Bonchev–Trinajstić information content (AvgIpc) is 2.61. The predicted molar refractivity (Wildman–Crippen MR) is 88.5 cm³/mol. The number of alkyl halides is 2. The minimum absolute atomic E-state index is 0.0237. The van der Waals surface area contributed by atoms with Crippen LogP contribution < -0.4 is 14.2 Å². The SMILES string of the molecule is COc1ccc2ccc(OC(=O)c3ccc(OC(F)F)cc3)cc2c1. The first-order valence-electron chi connectivity index (χ1n) is 7.40. The van der Waals surface area contributed by atoms with Gasteiger partial charge in [-0.3, -0.25) is 0 Å². The fourth-order valence-electron chi connectivity index (χ4n) is 2.33. The molecule has 3 aromatic carbocycles. The second-order valence-corrected chi connectivity index (χ2v) is 5.17. The molecule has 0 N–H and O–H groups in total. The molecule has 0 aliphatic heterocycles. The van der Waals surface area contributed by atoms with Gasteiger partial charge < -0.3 is 14.2 Å². The summed E-state index contributed by atoms with van der Waals surface area (Å²) >= 11 is 0. The van der Waals surface area contributed by atoms with Crippen LogP contribution in [0.4, 0.5) is 8.78 Å². The Hall–Kier alpha value is -3.15. The number of halogens is 2. The standard InChI is InChI=1S/C19H14F2O4/c1-23-16-8-2-12-3-9-17(11-14(12)10-16)24-18(22)13-4-6-15(7-5-13)25-19(20)21/h2-11,19H,1H3. The number of carbonyl (C=O) groups is 1. The number of methoxy groups -OCH3 is 1. The van der Waals surface area contributed by atoms with Crippen molar-refractivity contribution in [2.45, 2.75) is 6.61 Å². The van der Waals surface area contributed by atoms with Crippen molar-refractivity contribution in [3.05, 3.63) is 66.2 Å². The van der Waals surface area contributed by atoms with Gasteiger partial charge in [0, 0.05) is 0 Å². The Kier molecular flexibility index (Phi) is 4.79. The first-order chi connectivity index (χ1) is 12.0. The van der Waals surface area contributed by atoms with Gasteiger partial charge >= 0.3 is 12.6 Å². The van der Waals surface area contributed by atoms with Crippen molar-refractivity contribution in [2.24, 2.45) is 0 Å². The molecule has 0 aliphatic rings. The maximum Gasteiger partial charge on any atom is 0.387 e. The largest absolute Gasteiger partial charge is 0.497 e. The van der Waals surface area contributed by atoms with E-state index in [9.17, 15) is 13.6 Å². The zero-order valence-corrected chi connectivity index (χ0v) is 13.2. The molecular weight excluding hydrogens is 330 g/mol. The highest BCUT2D eigenvalue weighted by atomic mass is 19.3. The van der Waals surface area contributed by atoms with E-state index in [1.807, 2.05) is 24.3 Å². The lowest BCUT2D eigenvalue weighted by atomic mass is 10.1. The molecule has 25 heavy (non-hydrogen) atoms. The summed E-state index contributed by atoms with van der Waals surface area (Å²) in [5, 5.41) is 1.85. The van der Waals surface area contributed by atoms with E-state index in [4.69, 9.17) is 9.47 Å². The van der Waals surface area contributed by atoms with Crippen molar-refractivity contribution in [1.82, 2.24) is 0 Å². The van der Waals surface area contributed by atoms with Crippen LogP contribution in [0.3, 0.4) is 0 Å². The minimum atomic E-state index is -2.91. The fourth-order valence-corrected chi connectivity index (χ4v) is 2.33. The maximum absolute atomic E-state index is 12.2. The summed E-state index contributed by atoms with van der Waals surface area (Å²) in [6.45, 7) is -2.91. The highest BCUT2D eigenvalue weighted by Gasteiger charge is 2.11. The maximum atomic E-state index is 12.2. The molecule has 0 aromatic heterocycles. The van der Waals surface area contributed by atoms with Crippen LogP contribution in [0.1, 0.15) is 10.4 Å². The van der Waals surface area contributed by atoms with Crippen molar-refractivity contribution >= 4 is 16.7 Å². The minimum Gasteiger partial charge on any atom is -0.497 e. The van der Waals surface area contributed by atoms with Gasteiger partial charge in [-0.05, 0) is 59.3 Å². The third-order valence-electron chi connectivity index (χ3n) is 3.54. The normalized spacial score (nSPS) is 10.7. The molecule has 4 nitrogen and oxygen atoms in total. The summed E-state index contributed by atoms with van der Waals surface area (Å²) in [6.07, 6.45) is 0. The van der Waals surface area contributed by atoms with Crippen LogP contribution in [0.5, 0.6) is 17.2 Å². The highest BCUT2D eigenvalue weighted by Crippen LogP contribution is 2.25. The summed E-state index contributed by atoms with van der Waals surface area (Å²) in [6, 6.07) is 16.1. The van der Waals surface area contributed by atoms with Crippen LogP contribution >= 0.6 is 0 Å². The number of rotatable bonds is 5. The van der Waals surface area contributed by atoms with Gasteiger partial charge in [-0.25, -0.2) is 4.79 Å². The number of esters is 1. The Morgan fingerprint density at radius 3 is 2.08 bits per heavy atom. The number of hydrogen-bond donors (Lipinski definition) is 0. The van der Waals surface area contributed by atoms with Crippen LogP contribution in [0, 0.1) is 0 Å². The van der Waals surface area contributed by atoms with E-state index < -0.39 is 12.6 Å². The van der Waals surface area contributed by atoms with Gasteiger partial charge in [0.2, 0.25) is 0 Å². The summed E-state index contributed by atoms with van der Waals surface area (Å²) in [5.74, 6) is 0.458. The lowest BCUT2D eigenvalue weighted by Crippen LogP contribution is -2.08. The molecule has 6 heteroatoms. The van der Waals surface area contributed by atoms with Crippen LogP contribution in [0.2, 0.25) is 0 Å². The molecule has 0 heterocycles. The molecular formula is C19H14F2O4. The van der Waals surface area contributed by atoms with E-state index in [0.717, 1.165) is 10.8 Å². The van der Waals surface area contributed by atoms with Gasteiger partial charge in [-0.15, -0.1) is 0 Å². The van der Waals surface area contributed by atoms with Crippen molar-refractivity contribution in [1.29, 1.82) is 0 Å². The average molecular weight is 344 g/mol. The van der Waals surface area contributed by atoms with Gasteiger partial charge in [-0.1, -0.05) is 12.1 Å². The molecule has 128 valence electrons. The molecule has 3 aromatic rings. The zero-order valence-electron chi connectivity index (χ0n) is 13.2. The number of fused-ring (bicyclic) bond motifs is 1. The molecule has 0 radical (unpaired) electrons. The van der Waals surface area contributed by atoms with Gasteiger partial charge in [0.15, 0.2) is 0 Å². The molecule has 0 spiro atoms. The topological polar surface area (TPSA) is 44.8 Å². The molecule has 0 fully saturated rings. The Bertz CT molecular complexity index is 892. The van der Waals surface area contributed by atoms with E-state index in [-0.39, 0.29) is 11.3 Å². The number of carbonyl (C=O) groups excluding carboxylic acids is 1. The van der Waals surface area contributed by atoms with E-state index in [0.29, 0.717) is 11.5 Å². The lowest BCUT2D eigenvalue weighted by molar-refractivity contribution is -0.0498. The monoisotopic (exact) mass is 344 g/mol. The quantitative estimate of drug-likeness (QED) is 0.498. The summed E-state index contributed by atoms with van der Waals surface area (Å²) in [5.41, 5.74) is 0.229. The van der Waals surface area contributed by atoms with E-state index in [1.165, 1.54) is 24.3 Å². The van der Waals surface area contributed by atoms with Crippen molar-refractivity contribution in [3.8, 4) is 17.2 Å².